The molecule has 0 unspecified atom stereocenters. The summed E-state index contributed by atoms with van der Waals surface area (Å²) in [7, 11) is 1.61. The second-order valence-corrected chi connectivity index (χ2v) is 6.01. The molecule has 0 spiro atoms. The molecule has 0 saturated heterocycles. The van der Waals surface area contributed by atoms with Gasteiger partial charge in [-0.2, -0.15) is 0 Å². The number of halogens is 1. The number of imidazole rings is 1. The van der Waals surface area contributed by atoms with Crippen molar-refractivity contribution in [2.45, 2.75) is 26.8 Å². The van der Waals surface area contributed by atoms with Gasteiger partial charge in [0, 0.05) is 18.8 Å². The summed E-state index contributed by atoms with van der Waals surface area (Å²) in [6, 6.07) is 5.73. The summed E-state index contributed by atoms with van der Waals surface area (Å²) in [6.07, 6.45) is 0.619. The fraction of sp³-hybridized carbons (Fsp3) is 0.467. The summed E-state index contributed by atoms with van der Waals surface area (Å²) in [4.78, 5) is 16.2. The van der Waals surface area contributed by atoms with Gasteiger partial charge >= 0.3 is 0 Å². The molecule has 114 valence electrons. The van der Waals surface area contributed by atoms with Crippen molar-refractivity contribution in [3.8, 4) is 5.75 Å². The average Bonchev–Trinajstić information content (AvgIpc) is 2.76. The number of nitrogens with zero attached hydrogens (tertiary/aromatic N) is 2. The molecule has 21 heavy (non-hydrogen) atoms. The first-order valence-corrected chi connectivity index (χ1v) is 7.32. The fourth-order valence-electron chi connectivity index (χ4n) is 2.26. The number of alkyl halides is 1. The maximum atomic E-state index is 11.6. The Morgan fingerprint density at radius 3 is 2.76 bits per heavy atom. The van der Waals surface area contributed by atoms with Crippen molar-refractivity contribution in [1.82, 2.24) is 9.55 Å². The molecular weight excluding hydrogens is 290 g/mol. The minimum Gasteiger partial charge on any atom is -0.494 e. The van der Waals surface area contributed by atoms with Gasteiger partial charge in [-0.1, -0.05) is 6.07 Å². The van der Waals surface area contributed by atoms with Crippen molar-refractivity contribution in [3.63, 3.8) is 0 Å². The van der Waals surface area contributed by atoms with E-state index in [0.717, 1.165) is 16.9 Å². The predicted octanol–water partition coefficient (Wildman–Crippen LogP) is 2.34. The highest BCUT2D eigenvalue weighted by atomic mass is 35.5. The first kappa shape index (κ1) is 15.6. The van der Waals surface area contributed by atoms with Crippen molar-refractivity contribution >= 4 is 28.5 Å². The Kier molecular flexibility index (Phi) is 4.42. The van der Waals surface area contributed by atoms with Crippen molar-refractivity contribution in [2.75, 3.05) is 13.0 Å². The number of amides is 1. The lowest BCUT2D eigenvalue weighted by molar-refractivity contribution is -0.126. The molecule has 6 heteroatoms. The summed E-state index contributed by atoms with van der Waals surface area (Å²) >= 11 is 5.87. The molecule has 1 amide bonds. The number of hydrogen-bond donors (Lipinski definition) is 1. The van der Waals surface area contributed by atoms with Crippen molar-refractivity contribution in [2.24, 2.45) is 11.1 Å². The van der Waals surface area contributed by atoms with E-state index >= 15 is 0 Å². The van der Waals surface area contributed by atoms with E-state index in [9.17, 15) is 4.79 Å². The molecule has 0 bridgehead atoms. The number of ether oxygens (including phenoxy) is 1. The van der Waals surface area contributed by atoms with Gasteiger partial charge < -0.3 is 15.0 Å². The topological polar surface area (TPSA) is 70.1 Å². The van der Waals surface area contributed by atoms with E-state index in [2.05, 4.69) is 4.98 Å². The highest BCUT2D eigenvalue weighted by molar-refractivity contribution is 6.17. The number of primary amides is 1. The van der Waals surface area contributed by atoms with Gasteiger partial charge in [0.05, 0.1) is 18.0 Å². The Bertz CT molecular complexity index is 664. The number of aromatic nitrogens is 2. The number of benzene rings is 1. The van der Waals surface area contributed by atoms with Crippen LogP contribution >= 0.6 is 11.6 Å². The van der Waals surface area contributed by atoms with Crippen LogP contribution in [0.2, 0.25) is 0 Å². The maximum Gasteiger partial charge on any atom is 0.224 e. The number of fused-ring (bicyclic) bond motifs is 1. The molecule has 0 radical (unpaired) electrons. The molecular formula is C15H20ClN3O2. The van der Waals surface area contributed by atoms with Crippen LogP contribution in [0.15, 0.2) is 18.2 Å². The number of carbonyl (C=O) groups is 1. The van der Waals surface area contributed by atoms with Crippen LogP contribution in [0.25, 0.3) is 11.0 Å². The van der Waals surface area contributed by atoms with Crippen LogP contribution in [-0.4, -0.2) is 28.4 Å². The first-order valence-electron chi connectivity index (χ1n) is 6.78. The van der Waals surface area contributed by atoms with E-state index in [-0.39, 0.29) is 5.91 Å². The summed E-state index contributed by atoms with van der Waals surface area (Å²) in [5.74, 6) is 1.66. The summed E-state index contributed by atoms with van der Waals surface area (Å²) in [6.45, 7) is 4.11. The first-order chi connectivity index (χ1) is 9.90. The van der Waals surface area contributed by atoms with Gasteiger partial charge in [0.25, 0.3) is 0 Å². The van der Waals surface area contributed by atoms with E-state index < -0.39 is 5.41 Å². The minimum atomic E-state index is -0.669. The van der Waals surface area contributed by atoms with Crippen molar-refractivity contribution in [1.29, 1.82) is 0 Å². The minimum absolute atomic E-state index is 0.343. The number of aryl methyl sites for hydroxylation is 1. The molecule has 1 aromatic heterocycles. The van der Waals surface area contributed by atoms with E-state index in [1.807, 2.05) is 36.6 Å². The molecule has 0 fully saturated rings. The summed E-state index contributed by atoms with van der Waals surface area (Å²) in [5.41, 5.74) is 6.52. The third-order valence-electron chi connectivity index (χ3n) is 3.58. The molecule has 2 aromatic rings. The maximum absolute atomic E-state index is 11.6. The molecule has 2 rings (SSSR count). The predicted molar refractivity (Wildman–Crippen MR) is 83.7 cm³/mol. The lowest BCUT2D eigenvalue weighted by atomic mass is 9.92. The van der Waals surface area contributed by atoms with Gasteiger partial charge in [-0.05, 0) is 26.0 Å². The SMILES string of the molecule is COc1cccc2c1nc(CCCl)n2CC(C)(C)C(N)=O. The zero-order valence-corrected chi connectivity index (χ0v) is 13.3. The lowest BCUT2D eigenvalue weighted by Gasteiger charge is -2.22. The second kappa shape index (κ2) is 5.93. The largest absolute Gasteiger partial charge is 0.494 e. The van der Waals surface area contributed by atoms with Crippen LogP contribution in [0.3, 0.4) is 0 Å². The van der Waals surface area contributed by atoms with Gasteiger partial charge in [-0.25, -0.2) is 4.98 Å². The zero-order valence-electron chi connectivity index (χ0n) is 12.5. The molecule has 0 aliphatic heterocycles. The summed E-state index contributed by atoms with van der Waals surface area (Å²) < 4.78 is 7.36. The Balaban J connectivity index is 2.59. The van der Waals surface area contributed by atoms with Crippen LogP contribution in [0.5, 0.6) is 5.75 Å². The number of para-hydroxylation sites is 1. The lowest BCUT2D eigenvalue weighted by Crippen LogP contribution is -2.35. The Labute approximate surface area is 129 Å². The number of rotatable bonds is 6. The Hall–Kier alpha value is -1.75. The van der Waals surface area contributed by atoms with Gasteiger partial charge in [-0.15, -0.1) is 11.6 Å². The zero-order chi connectivity index (χ0) is 15.6. The van der Waals surface area contributed by atoms with Crippen molar-refractivity contribution in [3.05, 3.63) is 24.0 Å². The monoisotopic (exact) mass is 309 g/mol. The van der Waals surface area contributed by atoms with E-state index in [0.29, 0.717) is 24.6 Å². The summed E-state index contributed by atoms with van der Waals surface area (Å²) in [5, 5.41) is 0. The van der Waals surface area contributed by atoms with Crippen LogP contribution in [0, 0.1) is 5.41 Å². The van der Waals surface area contributed by atoms with Gasteiger partial charge in [0.15, 0.2) is 0 Å². The van der Waals surface area contributed by atoms with Crippen LogP contribution in [0.1, 0.15) is 19.7 Å². The van der Waals surface area contributed by atoms with Crippen molar-refractivity contribution < 1.29 is 9.53 Å². The number of hydrogen-bond acceptors (Lipinski definition) is 3. The van der Waals surface area contributed by atoms with Gasteiger partial charge in [-0.3, -0.25) is 4.79 Å². The fourth-order valence-corrected chi connectivity index (χ4v) is 2.43. The van der Waals surface area contributed by atoms with Crippen LogP contribution < -0.4 is 10.5 Å². The van der Waals surface area contributed by atoms with Gasteiger partial charge in [0.2, 0.25) is 5.91 Å². The average molecular weight is 310 g/mol. The van der Waals surface area contributed by atoms with E-state index in [1.54, 1.807) is 7.11 Å². The molecule has 0 atom stereocenters. The van der Waals surface area contributed by atoms with E-state index in [4.69, 9.17) is 22.1 Å². The molecule has 2 N–H and O–H groups in total. The quantitative estimate of drug-likeness (QED) is 0.833. The number of carbonyl (C=O) groups excluding carboxylic acids is 1. The number of nitrogens with two attached hydrogens (primary N) is 1. The third kappa shape index (κ3) is 2.97. The highest BCUT2D eigenvalue weighted by Crippen LogP contribution is 2.29. The normalized spacial score (nSPS) is 11.8. The highest BCUT2D eigenvalue weighted by Gasteiger charge is 2.28. The number of methoxy groups -OCH3 is 1. The van der Waals surface area contributed by atoms with Gasteiger partial charge in [0.1, 0.15) is 17.1 Å². The third-order valence-corrected chi connectivity index (χ3v) is 3.77. The van der Waals surface area contributed by atoms with E-state index in [1.165, 1.54) is 0 Å². The molecule has 1 aromatic carbocycles. The molecule has 0 aliphatic carbocycles. The Morgan fingerprint density at radius 1 is 1.48 bits per heavy atom. The standard InChI is InChI=1S/C15H20ClN3O2/c1-15(2,14(17)20)9-19-10-5-4-6-11(21-3)13(10)18-12(19)7-8-16/h4-6H,7-9H2,1-3H3,(H2,17,20). The van der Waals surface area contributed by atoms with Crippen LogP contribution in [-0.2, 0) is 17.8 Å². The molecule has 0 aliphatic rings. The molecule has 0 saturated carbocycles. The molecule has 5 nitrogen and oxygen atoms in total. The second-order valence-electron chi connectivity index (χ2n) is 5.63. The van der Waals surface area contributed by atoms with Crippen LogP contribution in [0.4, 0.5) is 0 Å². The smallest absolute Gasteiger partial charge is 0.224 e. The Morgan fingerprint density at radius 2 is 2.19 bits per heavy atom. The molecule has 1 heterocycles.